The first kappa shape index (κ1) is 17.3. The number of rotatable bonds is 2. The molecule has 2 saturated carbocycles. The number of carbonyl (C=O) groups excluding carboxylic acids is 4. The zero-order valence-electron chi connectivity index (χ0n) is 12.8. The Kier molecular flexibility index (Phi) is 6.05. The largest absolute Gasteiger partial charge is 0.468 e. The molecule has 0 heterocycles. The summed E-state index contributed by atoms with van der Waals surface area (Å²) in [5, 5.41) is 0. The molecule has 2 aliphatic rings. The van der Waals surface area contributed by atoms with Crippen LogP contribution in [0.2, 0.25) is 0 Å². The predicted octanol–water partition coefficient (Wildman–Crippen LogP) is 1.45. The first-order valence-corrected chi connectivity index (χ1v) is 7.09. The highest BCUT2D eigenvalue weighted by atomic mass is 16.5. The van der Waals surface area contributed by atoms with E-state index in [-0.39, 0.29) is 23.5 Å². The van der Waals surface area contributed by atoms with Gasteiger partial charge in [0.2, 0.25) is 0 Å². The number of carbonyl (C=O) groups is 4. The third-order valence-corrected chi connectivity index (χ3v) is 4.12. The van der Waals surface area contributed by atoms with E-state index in [9.17, 15) is 19.2 Å². The average molecular weight is 298 g/mol. The molecule has 6 nitrogen and oxygen atoms in total. The highest BCUT2D eigenvalue weighted by Crippen LogP contribution is 2.35. The molecule has 0 N–H and O–H groups in total. The van der Waals surface area contributed by atoms with E-state index in [1.54, 1.807) is 6.92 Å². The summed E-state index contributed by atoms with van der Waals surface area (Å²) in [7, 11) is 2.63. The van der Waals surface area contributed by atoms with Gasteiger partial charge in [-0.3, -0.25) is 19.2 Å². The second kappa shape index (κ2) is 7.33. The van der Waals surface area contributed by atoms with E-state index >= 15 is 0 Å². The number of methoxy groups -OCH3 is 2. The van der Waals surface area contributed by atoms with Crippen molar-refractivity contribution in [3.63, 3.8) is 0 Å². The van der Waals surface area contributed by atoms with Crippen LogP contribution in [0.3, 0.4) is 0 Å². The molecule has 21 heavy (non-hydrogen) atoms. The molecule has 0 amide bonds. The van der Waals surface area contributed by atoms with Gasteiger partial charge in [-0.05, 0) is 32.6 Å². The maximum atomic E-state index is 11.2. The topological polar surface area (TPSA) is 86.7 Å². The quantitative estimate of drug-likeness (QED) is 0.566. The second-order valence-electron chi connectivity index (χ2n) is 5.53. The van der Waals surface area contributed by atoms with E-state index in [0.717, 1.165) is 12.8 Å². The van der Waals surface area contributed by atoms with Gasteiger partial charge in [0, 0.05) is 12.8 Å². The fraction of sp³-hybridized carbons (Fsp3) is 0.733. The molecule has 0 bridgehead atoms. The van der Waals surface area contributed by atoms with Crippen molar-refractivity contribution in [1.29, 1.82) is 0 Å². The monoisotopic (exact) mass is 298 g/mol. The Labute approximate surface area is 124 Å². The molecule has 0 aromatic rings. The van der Waals surface area contributed by atoms with Crippen molar-refractivity contribution in [3.05, 3.63) is 0 Å². The lowest BCUT2D eigenvalue weighted by Crippen LogP contribution is -2.32. The van der Waals surface area contributed by atoms with E-state index in [1.807, 2.05) is 0 Å². The molecule has 0 spiro atoms. The minimum Gasteiger partial charge on any atom is -0.468 e. The molecule has 2 aliphatic carbocycles. The third-order valence-electron chi connectivity index (χ3n) is 4.12. The molecule has 118 valence electrons. The number of esters is 2. The first-order chi connectivity index (χ1) is 9.86. The van der Waals surface area contributed by atoms with Crippen LogP contribution in [0, 0.1) is 11.3 Å². The lowest BCUT2D eigenvalue weighted by atomic mass is 9.88. The number of hydrogen-bond donors (Lipinski definition) is 0. The Hall–Kier alpha value is -1.72. The minimum absolute atomic E-state index is 0.0179. The highest BCUT2D eigenvalue weighted by Gasteiger charge is 2.45. The summed E-state index contributed by atoms with van der Waals surface area (Å²) in [6, 6.07) is 0. The SMILES string of the molecule is COC(=O)C1(C)CCCC1=O.COC(=O)C1CCCC1=O. The van der Waals surface area contributed by atoms with Crippen molar-refractivity contribution < 1.29 is 28.7 Å². The summed E-state index contributed by atoms with van der Waals surface area (Å²) >= 11 is 0. The van der Waals surface area contributed by atoms with Crippen LogP contribution in [0.5, 0.6) is 0 Å². The summed E-state index contributed by atoms with van der Waals surface area (Å²) < 4.78 is 8.99. The van der Waals surface area contributed by atoms with Crippen molar-refractivity contribution in [3.8, 4) is 0 Å². The van der Waals surface area contributed by atoms with Crippen molar-refractivity contribution >= 4 is 23.5 Å². The molecule has 2 unspecified atom stereocenters. The van der Waals surface area contributed by atoms with E-state index in [2.05, 4.69) is 9.47 Å². The second-order valence-corrected chi connectivity index (χ2v) is 5.53. The Balaban J connectivity index is 0.000000211. The van der Waals surface area contributed by atoms with Crippen LogP contribution in [-0.4, -0.2) is 37.7 Å². The third kappa shape index (κ3) is 3.89. The van der Waals surface area contributed by atoms with Gasteiger partial charge in [-0.2, -0.15) is 0 Å². The van der Waals surface area contributed by atoms with E-state index in [0.29, 0.717) is 25.7 Å². The molecule has 0 aliphatic heterocycles. The summed E-state index contributed by atoms with van der Waals surface area (Å²) in [6.07, 6.45) is 4.01. The standard InChI is InChI=1S/C8H12O3.C7H10O3/c1-8(7(10)11-2)5-3-4-6(8)9;1-10-7(9)5-3-2-4-6(5)8/h3-5H2,1-2H3;5H,2-4H2,1H3. The maximum absolute atomic E-state index is 11.2. The summed E-state index contributed by atoms with van der Waals surface area (Å²) in [5.41, 5.74) is -0.839. The molecule has 2 atom stereocenters. The molecule has 0 radical (unpaired) electrons. The zero-order valence-corrected chi connectivity index (χ0v) is 12.8. The van der Waals surface area contributed by atoms with Crippen molar-refractivity contribution in [2.45, 2.75) is 45.4 Å². The van der Waals surface area contributed by atoms with E-state index in [1.165, 1.54) is 14.2 Å². The Morgan fingerprint density at radius 1 is 1.10 bits per heavy atom. The summed E-state index contributed by atoms with van der Waals surface area (Å²) in [5.74, 6) is -1.16. The van der Waals surface area contributed by atoms with Gasteiger partial charge in [0.1, 0.15) is 22.9 Å². The molecule has 6 heteroatoms. The Bertz CT molecular complexity index is 441. The van der Waals surface area contributed by atoms with Gasteiger partial charge in [0.15, 0.2) is 0 Å². The van der Waals surface area contributed by atoms with Gasteiger partial charge in [0.25, 0.3) is 0 Å². The van der Waals surface area contributed by atoms with Gasteiger partial charge < -0.3 is 9.47 Å². The molecule has 2 rings (SSSR count). The van der Waals surface area contributed by atoms with Gasteiger partial charge in [-0.1, -0.05) is 0 Å². The van der Waals surface area contributed by atoms with Crippen molar-refractivity contribution in [2.24, 2.45) is 11.3 Å². The molecular formula is C15H22O6. The molecule has 0 aromatic heterocycles. The van der Waals surface area contributed by atoms with Crippen LogP contribution in [0.4, 0.5) is 0 Å². The van der Waals surface area contributed by atoms with Crippen LogP contribution in [0.1, 0.15) is 45.4 Å². The fourth-order valence-electron chi connectivity index (χ4n) is 2.67. The Morgan fingerprint density at radius 2 is 1.76 bits per heavy atom. The number of ketones is 2. The van der Waals surface area contributed by atoms with E-state index < -0.39 is 11.3 Å². The Morgan fingerprint density at radius 3 is 2.14 bits per heavy atom. The van der Waals surface area contributed by atoms with Crippen LogP contribution in [0.15, 0.2) is 0 Å². The number of ether oxygens (including phenoxy) is 2. The smallest absolute Gasteiger partial charge is 0.319 e. The van der Waals surface area contributed by atoms with Gasteiger partial charge >= 0.3 is 11.9 Å². The number of Topliss-reactive ketones (excluding diaryl/α,β-unsaturated/α-hetero) is 2. The number of hydrogen-bond acceptors (Lipinski definition) is 6. The van der Waals surface area contributed by atoms with E-state index in [4.69, 9.17) is 0 Å². The summed E-state index contributed by atoms with van der Waals surface area (Å²) in [6.45, 7) is 1.66. The summed E-state index contributed by atoms with van der Waals surface area (Å²) in [4.78, 5) is 44.0. The first-order valence-electron chi connectivity index (χ1n) is 7.09. The van der Waals surface area contributed by atoms with Crippen molar-refractivity contribution in [2.75, 3.05) is 14.2 Å². The fourth-order valence-corrected chi connectivity index (χ4v) is 2.67. The molecule has 2 fully saturated rings. The molecular weight excluding hydrogens is 276 g/mol. The van der Waals surface area contributed by atoms with Crippen LogP contribution in [-0.2, 0) is 28.7 Å². The minimum atomic E-state index is -0.839. The van der Waals surface area contributed by atoms with Gasteiger partial charge in [-0.15, -0.1) is 0 Å². The van der Waals surface area contributed by atoms with Crippen molar-refractivity contribution in [1.82, 2.24) is 0 Å². The van der Waals surface area contributed by atoms with Crippen LogP contribution < -0.4 is 0 Å². The van der Waals surface area contributed by atoms with Crippen LogP contribution >= 0.6 is 0 Å². The van der Waals surface area contributed by atoms with Gasteiger partial charge in [-0.25, -0.2) is 0 Å². The van der Waals surface area contributed by atoms with Crippen LogP contribution in [0.25, 0.3) is 0 Å². The molecule has 0 aromatic carbocycles. The average Bonchev–Trinajstić information content (AvgIpc) is 3.05. The lowest BCUT2D eigenvalue weighted by molar-refractivity contribution is -0.155. The predicted molar refractivity (Wildman–Crippen MR) is 73.3 cm³/mol. The van der Waals surface area contributed by atoms with Gasteiger partial charge in [0.05, 0.1) is 14.2 Å². The molecule has 0 saturated heterocycles. The zero-order chi connectivity index (χ0) is 16.0. The highest BCUT2D eigenvalue weighted by molar-refractivity contribution is 6.04. The lowest BCUT2D eigenvalue weighted by Gasteiger charge is -2.17. The normalized spacial score (nSPS) is 27.9. The maximum Gasteiger partial charge on any atom is 0.319 e.